The second-order valence-corrected chi connectivity index (χ2v) is 7.54. The lowest BCUT2D eigenvalue weighted by molar-refractivity contribution is 0.102. The van der Waals surface area contributed by atoms with Crippen LogP contribution in [-0.2, 0) is 18.7 Å². The third-order valence-electron chi connectivity index (χ3n) is 4.50. The van der Waals surface area contributed by atoms with E-state index in [1.54, 1.807) is 25.1 Å². The van der Waals surface area contributed by atoms with Gasteiger partial charge < -0.3 is 15.2 Å². The normalized spacial score (nSPS) is 12.8. The second kappa shape index (κ2) is 9.39. The van der Waals surface area contributed by atoms with Crippen molar-refractivity contribution in [3.63, 3.8) is 0 Å². The third kappa shape index (κ3) is 4.95. The summed E-state index contributed by atoms with van der Waals surface area (Å²) in [7, 11) is 0. The molecule has 6 nitrogen and oxygen atoms in total. The Hall–Kier alpha value is -2.42. The minimum absolute atomic E-state index is 0. The van der Waals surface area contributed by atoms with Gasteiger partial charge in [-0.15, -0.1) is 24.2 Å². The molecule has 1 amide bonds. The van der Waals surface area contributed by atoms with Crippen molar-refractivity contribution in [2.75, 3.05) is 11.9 Å². The van der Waals surface area contributed by atoms with Crippen LogP contribution in [0.15, 0.2) is 45.8 Å². The molecule has 2 aromatic carbocycles. The smallest absolute Gasteiger partial charge is 0.255 e. The van der Waals surface area contributed by atoms with E-state index in [9.17, 15) is 9.18 Å². The van der Waals surface area contributed by atoms with Crippen LogP contribution < -0.4 is 10.6 Å². The molecule has 1 aliphatic rings. The summed E-state index contributed by atoms with van der Waals surface area (Å²) in [6.07, 6.45) is 0.621. The van der Waals surface area contributed by atoms with Crippen molar-refractivity contribution in [1.82, 2.24) is 15.5 Å². The van der Waals surface area contributed by atoms with E-state index in [1.165, 1.54) is 11.8 Å². The first-order chi connectivity index (χ1) is 13.6. The van der Waals surface area contributed by atoms with Crippen molar-refractivity contribution in [3.05, 3.63) is 70.6 Å². The van der Waals surface area contributed by atoms with Crippen LogP contribution in [0.3, 0.4) is 0 Å². The number of carbonyl (C=O) groups is 1. The quantitative estimate of drug-likeness (QED) is 0.588. The molecular formula is C20H20ClFN4O2S. The molecule has 0 saturated heterocycles. The molecule has 2 N–H and O–H groups in total. The fraction of sp³-hybridized carbons (Fsp3) is 0.250. The first-order valence-corrected chi connectivity index (χ1v) is 9.93. The van der Waals surface area contributed by atoms with Gasteiger partial charge in [0.2, 0.25) is 5.89 Å². The van der Waals surface area contributed by atoms with Crippen molar-refractivity contribution < 1.29 is 13.7 Å². The fourth-order valence-electron chi connectivity index (χ4n) is 3.07. The van der Waals surface area contributed by atoms with Crippen LogP contribution in [0.2, 0.25) is 0 Å². The first kappa shape index (κ1) is 21.3. The van der Waals surface area contributed by atoms with E-state index in [4.69, 9.17) is 4.52 Å². The van der Waals surface area contributed by atoms with Crippen molar-refractivity contribution in [1.29, 1.82) is 0 Å². The molecule has 1 aliphatic heterocycles. The van der Waals surface area contributed by atoms with Gasteiger partial charge in [-0.2, -0.15) is 4.98 Å². The highest BCUT2D eigenvalue weighted by Gasteiger charge is 2.18. The first-order valence-electron chi connectivity index (χ1n) is 8.94. The molecule has 4 rings (SSSR count). The largest absolute Gasteiger partial charge is 0.338 e. The highest BCUT2D eigenvalue weighted by molar-refractivity contribution is 7.98. The summed E-state index contributed by atoms with van der Waals surface area (Å²) in [5.41, 5.74) is 2.31. The van der Waals surface area contributed by atoms with Gasteiger partial charge in [0.15, 0.2) is 5.82 Å². The maximum atomic E-state index is 14.7. The maximum absolute atomic E-state index is 14.7. The van der Waals surface area contributed by atoms with Gasteiger partial charge in [0.25, 0.3) is 5.91 Å². The lowest BCUT2D eigenvalue weighted by Gasteiger charge is -2.19. The average Bonchev–Trinajstić information content (AvgIpc) is 3.14. The summed E-state index contributed by atoms with van der Waals surface area (Å²) < 4.78 is 19.8. The zero-order valence-electron chi connectivity index (χ0n) is 15.7. The van der Waals surface area contributed by atoms with Crippen LogP contribution in [0.25, 0.3) is 0 Å². The van der Waals surface area contributed by atoms with Crippen LogP contribution in [-0.4, -0.2) is 22.6 Å². The molecule has 0 unspecified atom stereocenters. The van der Waals surface area contributed by atoms with Crippen LogP contribution in [0.4, 0.5) is 10.1 Å². The minimum Gasteiger partial charge on any atom is -0.338 e. The number of nitrogens with zero attached hydrogens (tertiary/aromatic N) is 2. The Balaban J connectivity index is 0.00000240. The number of halogens is 2. The van der Waals surface area contributed by atoms with Gasteiger partial charge in [-0.25, -0.2) is 4.39 Å². The number of amides is 1. The molecule has 0 aliphatic carbocycles. The molecule has 3 aromatic rings. The SMILES string of the molecule is Cc1noc(CSc2ccc(C(=O)Nc3ccc4c(c3F)CCNC4)cc2)n1.Cl. The topological polar surface area (TPSA) is 80.0 Å². The zero-order valence-corrected chi connectivity index (χ0v) is 17.3. The van der Waals surface area contributed by atoms with E-state index in [0.717, 1.165) is 17.0 Å². The Labute approximate surface area is 178 Å². The van der Waals surface area contributed by atoms with Gasteiger partial charge in [0.05, 0.1) is 11.4 Å². The van der Waals surface area contributed by atoms with E-state index in [2.05, 4.69) is 20.8 Å². The van der Waals surface area contributed by atoms with Crippen LogP contribution in [0.5, 0.6) is 0 Å². The summed E-state index contributed by atoms with van der Waals surface area (Å²) >= 11 is 1.54. The number of aromatic nitrogens is 2. The number of carbonyl (C=O) groups excluding carboxylic acids is 1. The van der Waals surface area contributed by atoms with Crippen LogP contribution in [0, 0.1) is 12.7 Å². The van der Waals surface area contributed by atoms with Gasteiger partial charge in [-0.1, -0.05) is 11.2 Å². The predicted molar refractivity (Wildman–Crippen MR) is 112 cm³/mol. The summed E-state index contributed by atoms with van der Waals surface area (Å²) in [6, 6.07) is 10.6. The molecule has 0 saturated carbocycles. The lowest BCUT2D eigenvalue weighted by atomic mass is 9.99. The van der Waals surface area contributed by atoms with E-state index >= 15 is 0 Å². The van der Waals surface area contributed by atoms with Crippen LogP contribution >= 0.6 is 24.2 Å². The molecule has 9 heteroatoms. The van der Waals surface area contributed by atoms with Gasteiger partial charge >= 0.3 is 0 Å². The van der Waals surface area contributed by atoms with Crippen molar-refractivity contribution in [3.8, 4) is 0 Å². The van der Waals surface area contributed by atoms with Gasteiger partial charge in [0.1, 0.15) is 5.82 Å². The zero-order chi connectivity index (χ0) is 19.5. The molecule has 0 bridgehead atoms. The summed E-state index contributed by atoms with van der Waals surface area (Å²) in [6.45, 7) is 3.17. The Morgan fingerprint density at radius 3 is 2.79 bits per heavy atom. The number of nitrogens with one attached hydrogen (secondary N) is 2. The van der Waals surface area contributed by atoms with Crippen molar-refractivity contribution in [2.45, 2.75) is 30.5 Å². The average molecular weight is 435 g/mol. The van der Waals surface area contributed by atoms with E-state index in [0.29, 0.717) is 41.6 Å². The number of rotatable bonds is 5. The maximum Gasteiger partial charge on any atom is 0.255 e. The van der Waals surface area contributed by atoms with Crippen molar-refractivity contribution in [2.24, 2.45) is 0 Å². The highest BCUT2D eigenvalue weighted by Crippen LogP contribution is 2.26. The van der Waals surface area contributed by atoms with Gasteiger partial charge in [-0.3, -0.25) is 4.79 Å². The second-order valence-electron chi connectivity index (χ2n) is 6.49. The molecule has 1 aromatic heterocycles. The summed E-state index contributed by atoms with van der Waals surface area (Å²) in [5.74, 6) is 1.05. The van der Waals surface area contributed by atoms with Gasteiger partial charge in [0, 0.05) is 17.0 Å². The molecule has 0 fully saturated rings. The molecule has 0 spiro atoms. The third-order valence-corrected chi connectivity index (χ3v) is 5.50. The number of hydrogen-bond donors (Lipinski definition) is 2. The predicted octanol–water partition coefficient (Wildman–Crippen LogP) is 4.13. The minimum atomic E-state index is -0.339. The molecule has 2 heterocycles. The van der Waals surface area contributed by atoms with Crippen molar-refractivity contribution >= 4 is 35.8 Å². The molecule has 0 atom stereocenters. The van der Waals surface area contributed by atoms with E-state index < -0.39 is 0 Å². The Morgan fingerprint density at radius 2 is 2.07 bits per heavy atom. The van der Waals surface area contributed by atoms with Gasteiger partial charge in [-0.05, 0) is 61.3 Å². The van der Waals surface area contributed by atoms with E-state index in [-0.39, 0.29) is 29.8 Å². The molecule has 0 radical (unpaired) electrons. The number of anilines is 1. The Morgan fingerprint density at radius 1 is 1.28 bits per heavy atom. The number of thioether (sulfide) groups is 1. The summed E-state index contributed by atoms with van der Waals surface area (Å²) in [5, 5.41) is 9.65. The molecule has 152 valence electrons. The Kier molecular flexibility index (Phi) is 6.89. The fourth-order valence-corrected chi connectivity index (χ4v) is 3.81. The number of fused-ring (bicyclic) bond motifs is 1. The van der Waals surface area contributed by atoms with E-state index in [1.807, 2.05) is 18.2 Å². The van der Waals surface area contributed by atoms with Crippen LogP contribution in [0.1, 0.15) is 33.2 Å². The standard InChI is InChI=1S/C20H19FN4O2S.ClH/c1-12-23-18(27-25-12)11-28-15-5-2-13(3-6-15)20(26)24-17-7-4-14-10-22-9-8-16(14)19(17)21;/h2-7,22H,8-11H2,1H3,(H,24,26);1H. The number of aryl methyl sites for hydroxylation is 1. The Bertz CT molecular complexity index is 1010. The number of hydrogen-bond acceptors (Lipinski definition) is 6. The molecular weight excluding hydrogens is 415 g/mol. The highest BCUT2D eigenvalue weighted by atomic mass is 35.5. The summed E-state index contributed by atoms with van der Waals surface area (Å²) in [4.78, 5) is 17.6. The monoisotopic (exact) mass is 434 g/mol. The number of benzene rings is 2. The molecule has 29 heavy (non-hydrogen) atoms. The lowest BCUT2D eigenvalue weighted by Crippen LogP contribution is -2.25.